The van der Waals surface area contributed by atoms with Gasteiger partial charge in [-0.25, -0.2) is 9.07 Å². The maximum atomic E-state index is 14.3. The summed E-state index contributed by atoms with van der Waals surface area (Å²) >= 11 is 0. The van der Waals surface area contributed by atoms with Crippen LogP contribution in [0.15, 0.2) is 42.2 Å². The fraction of sp³-hybridized carbons (Fsp3) is 0.577. The van der Waals surface area contributed by atoms with Crippen LogP contribution in [0.2, 0.25) is 0 Å². The number of alkyl halides is 1. The molecular formula is C26H40FN4P. The lowest BCUT2D eigenvalue weighted by Gasteiger charge is -2.31. The van der Waals surface area contributed by atoms with Gasteiger partial charge >= 0.3 is 0 Å². The molecule has 0 saturated heterocycles. The smallest absolute Gasteiger partial charge is 0.104 e. The Labute approximate surface area is 195 Å². The van der Waals surface area contributed by atoms with Gasteiger partial charge in [0.15, 0.2) is 0 Å². The SMILES string of the molecule is C=Cc1cnn2c1PC(C(C)F)CC/C(CNC1C=C(C)C=CC1CCC(C)(C)NC)=C/2. The molecule has 0 radical (unpaired) electrons. The summed E-state index contributed by atoms with van der Waals surface area (Å²) < 4.78 is 16.3. The van der Waals surface area contributed by atoms with E-state index < -0.39 is 6.17 Å². The van der Waals surface area contributed by atoms with E-state index in [0.717, 1.165) is 43.2 Å². The molecule has 0 amide bonds. The number of fused-ring (bicyclic) bond motifs is 1. The molecule has 32 heavy (non-hydrogen) atoms. The van der Waals surface area contributed by atoms with E-state index >= 15 is 0 Å². The highest BCUT2D eigenvalue weighted by Gasteiger charge is 2.26. The molecule has 4 nitrogen and oxygen atoms in total. The third-order valence-electron chi connectivity index (χ3n) is 6.86. The summed E-state index contributed by atoms with van der Waals surface area (Å²) in [4.78, 5) is 0. The number of nitrogens with one attached hydrogen (secondary N) is 2. The topological polar surface area (TPSA) is 41.9 Å². The summed E-state index contributed by atoms with van der Waals surface area (Å²) in [6.07, 6.45) is 16.0. The molecule has 0 spiro atoms. The molecule has 176 valence electrons. The number of rotatable bonds is 9. The Morgan fingerprint density at radius 1 is 1.44 bits per heavy atom. The van der Waals surface area contributed by atoms with Crippen LogP contribution < -0.4 is 16.1 Å². The van der Waals surface area contributed by atoms with Gasteiger partial charge in [-0.15, -0.1) is 0 Å². The van der Waals surface area contributed by atoms with Gasteiger partial charge in [-0.2, -0.15) is 5.10 Å². The van der Waals surface area contributed by atoms with Gasteiger partial charge in [-0.1, -0.05) is 45.0 Å². The zero-order valence-corrected chi connectivity index (χ0v) is 21.3. The van der Waals surface area contributed by atoms with Crippen molar-refractivity contribution in [2.24, 2.45) is 5.92 Å². The highest BCUT2D eigenvalue weighted by molar-refractivity contribution is 7.48. The van der Waals surface area contributed by atoms with Crippen molar-refractivity contribution in [2.45, 2.75) is 76.8 Å². The molecule has 2 aliphatic rings. The lowest BCUT2D eigenvalue weighted by Crippen LogP contribution is -2.40. The van der Waals surface area contributed by atoms with Crippen LogP contribution in [0.3, 0.4) is 0 Å². The Kier molecular flexibility index (Phi) is 8.66. The fourth-order valence-electron chi connectivity index (χ4n) is 4.32. The van der Waals surface area contributed by atoms with Crippen LogP contribution in [0.25, 0.3) is 12.3 Å². The normalized spacial score (nSPS) is 27.1. The molecule has 5 atom stereocenters. The molecule has 2 N–H and O–H groups in total. The lowest BCUT2D eigenvalue weighted by atomic mass is 9.84. The zero-order chi connectivity index (χ0) is 23.3. The standard InChI is InChI=1S/C26H40FN4P/c1-7-21-16-30-31-17-20(9-11-24(19(3)27)32-25(21)31)15-29-23-14-18(2)8-10-22(23)12-13-26(4,5)28-6/h7-8,10,14,16-17,19,22-24,28-29,32H,1,9,11-13,15H2,2-6H3/b20-17-. The van der Waals surface area contributed by atoms with Gasteiger partial charge in [-0.05, 0) is 71.9 Å². The van der Waals surface area contributed by atoms with Crippen LogP contribution in [-0.2, 0) is 0 Å². The van der Waals surface area contributed by atoms with Crippen molar-refractivity contribution in [2.75, 3.05) is 13.6 Å². The summed E-state index contributed by atoms with van der Waals surface area (Å²) in [6.45, 7) is 13.1. The Hall–Kier alpha value is -1.55. The molecule has 1 aromatic rings. The third-order valence-corrected chi connectivity index (χ3v) is 8.77. The summed E-state index contributed by atoms with van der Waals surface area (Å²) in [6, 6.07) is 0.303. The molecule has 6 heteroatoms. The van der Waals surface area contributed by atoms with Gasteiger partial charge in [-0.3, -0.25) is 0 Å². The Balaban J connectivity index is 1.74. The van der Waals surface area contributed by atoms with Crippen LogP contribution in [0.5, 0.6) is 0 Å². The van der Waals surface area contributed by atoms with E-state index in [1.807, 2.05) is 24.0 Å². The molecule has 3 rings (SSSR count). The van der Waals surface area contributed by atoms with E-state index in [-0.39, 0.29) is 11.2 Å². The van der Waals surface area contributed by atoms with Crippen molar-refractivity contribution in [3.8, 4) is 0 Å². The summed E-state index contributed by atoms with van der Waals surface area (Å²) in [7, 11) is 2.44. The van der Waals surface area contributed by atoms with Gasteiger partial charge < -0.3 is 10.6 Å². The first kappa shape index (κ1) is 25.1. The molecule has 0 saturated carbocycles. The molecule has 5 unspecified atom stereocenters. The average molecular weight is 459 g/mol. The monoisotopic (exact) mass is 458 g/mol. The summed E-state index contributed by atoms with van der Waals surface area (Å²) in [5.41, 5.74) is 4.85. The molecule has 0 fully saturated rings. The van der Waals surface area contributed by atoms with Crippen molar-refractivity contribution >= 4 is 26.3 Å². The first-order valence-corrected chi connectivity index (χ1v) is 12.9. The number of hydrogen-bond donors (Lipinski definition) is 2. The van der Waals surface area contributed by atoms with Gasteiger partial charge in [0.1, 0.15) is 6.17 Å². The van der Waals surface area contributed by atoms with Crippen LogP contribution in [-0.4, -0.2) is 46.8 Å². The zero-order valence-electron chi connectivity index (χ0n) is 20.3. The first-order valence-electron chi connectivity index (χ1n) is 11.8. The predicted molar refractivity (Wildman–Crippen MR) is 139 cm³/mol. The van der Waals surface area contributed by atoms with Crippen molar-refractivity contribution in [3.63, 3.8) is 0 Å². The van der Waals surface area contributed by atoms with E-state index in [1.165, 1.54) is 11.1 Å². The maximum Gasteiger partial charge on any atom is 0.104 e. The van der Waals surface area contributed by atoms with Gasteiger partial charge in [0.05, 0.1) is 11.6 Å². The van der Waals surface area contributed by atoms with Crippen molar-refractivity contribution in [1.82, 2.24) is 20.4 Å². The predicted octanol–water partition coefficient (Wildman–Crippen LogP) is 5.06. The van der Waals surface area contributed by atoms with Crippen LogP contribution in [0.1, 0.15) is 58.9 Å². The Bertz CT molecular complexity index is 880. The average Bonchev–Trinajstić information content (AvgIpc) is 3.11. The minimum Gasteiger partial charge on any atom is -0.315 e. The van der Waals surface area contributed by atoms with E-state index in [2.05, 4.69) is 67.5 Å². The molecular weight excluding hydrogens is 418 g/mol. The van der Waals surface area contributed by atoms with Gasteiger partial charge in [0.25, 0.3) is 0 Å². The van der Waals surface area contributed by atoms with Crippen LogP contribution in [0, 0.1) is 5.92 Å². The molecule has 1 aliphatic heterocycles. The second-order valence-electron chi connectivity index (χ2n) is 9.86. The number of nitrogens with zero attached hydrogens (tertiary/aromatic N) is 2. The van der Waals surface area contributed by atoms with E-state index in [4.69, 9.17) is 0 Å². The van der Waals surface area contributed by atoms with E-state index in [9.17, 15) is 4.39 Å². The highest BCUT2D eigenvalue weighted by atomic mass is 31.1. The first-order chi connectivity index (χ1) is 15.2. The molecule has 0 aromatic carbocycles. The molecule has 1 aliphatic carbocycles. The van der Waals surface area contributed by atoms with E-state index in [1.54, 1.807) is 6.92 Å². The van der Waals surface area contributed by atoms with Crippen molar-refractivity contribution in [3.05, 3.63) is 47.7 Å². The lowest BCUT2D eigenvalue weighted by molar-refractivity contribution is 0.335. The largest absolute Gasteiger partial charge is 0.315 e. The molecule has 0 bridgehead atoms. The summed E-state index contributed by atoms with van der Waals surface area (Å²) in [5.74, 6) is 0.466. The Morgan fingerprint density at radius 3 is 2.91 bits per heavy atom. The minimum absolute atomic E-state index is 0.0316. The van der Waals surface area contributed by atoms with Crippen molar-refractivity contribution < 1.29 is 4.39 Å². The number of hydrogen-bond acceptors (Lipinski definition) is 3. The van der Waals surface area contributed by atoms with Crippen molar-refractivity contribution in [1.29, 1.82) is 0 Å². The Morgan fingerprint density at radius 2 is 2.22 bits per heavy atom. The highest BCUT2D eigenvalue weighted by Crippen LogP contribution is 2.32. The van der Waals surface area contributed by atoms with Crippen LogP contribution in [0.4, 0.5) is 4.39 Å². The number of halogens is 1. The second-order valence-corrected chi connectivity index (χ2v) is 11.4. The van der Waals surface area contributed by atoms with Gasteiger partial charge in [0.2, 0.25) is 0 Å². The number of allylic oxidation sites excluding steroid dienone is 2. The van der Waals surface area contributed by atoms with Crippen LogP contribution >= 0.6 is 8.58 Å². The minimum atomic E-state index is -0.823. The second kappa shape index (κ2) is 11.0. The van der Waals surface area contributed by atoms with E-state index in [0.29, 0.717) is 20.5 Å². The summed E-state index contributed by atoms with van der Waals surface area (Å²) in [5, 5.41) is 11.8. The molecule has 1 aromatic heterocycles. The third kappa shape index (κ3) is 6.50. The fourth-order valence-corrected chi connectivity index (χ4v) is 5.78. The van der Waals surface area contributed by atoms with Gasteiger partial charge in [0, 0.05) is 35.5 Å². The quantitative estimate of drug-likeness (QED) is 0.509. The maximum absolute atomic E-state index is 14.3. The molecule has 2 heterocycles. The number of aromatic nitrogens is 2.